The second kappa shape index (κ2) is 7.58. The van der Waals surface area contributed by atoms with Gasteiger partial charge in [0.25, 0.3) is 0 Å². The van der Waals surface area contributed by atoms with E-state index >= 15 is 0 Å². The average molecular weight is 354 g/mol. The van der Waals surface area contributed by atoms with Crippen molar-refractivity contribution >= 4 is 34.3 Å². The summed E-state index contributed by atoms with van der Waals surface area (Å²) in [5.74, 6) is -0.198. The van der Waals surface area contributed by atoms with Gasteiger partial charge in [-0.05, 0) is 36.9 Å². The molecule has 0 aliphatic rings. The highest BCUT2D eigenvalue weighted by Gasteiger charge is 2.08. The SMILES string of the molecule is COCC(=O)Nc1ccc2c(C)cc(-c3cnc(SC)nc3)nc2c1. The zero-order chi connectivity index (χ0) is 17.8. The van der Waals surface area contributed by atoms with E-state index in [-0.39, 0.29) is 12.5 Å². The Labute approximate surface area is 150 Å². The molecule has 2 heterocycles. The van der Waals surface area contributed by atoms with Gasteiger partial charge in [-0.1, -0.05) is 17.8 Å². The first-order valence-electron chi connectivity index (χ1n) is 7.67. The van der Waals surface area contributed by atoms with Gasteiger partial charge >= 0.3 is 0 Å². The molecule has 25 heavy (non-hydrogen) atoms. The van der Waals surface area contributed by atoms with Crippen LogP contribution in [0.3, 0.4) is 0 Å². The van der Waals surface area contributed by atoms with Crippen LogP contribution >= 0.6 is 11.8 Å². The van der Waals surface area contributed by atoms with Gasteiger partial charge in [-0.15, -0.1) is 0 Å². The Hall–Kier alpha value is -2.51. The molecular formula is C18H18N4O2S. The van der Waals surface area contributed by atoms with Crippen molar-refractivity contribution in [3.63, 3.8) is 0 Å². The maximum atomic E-state index is 11.7. The summed E-state index contributed by atoms with van der Waals surface area (Å²) in [6.07, 6.45) is 5.49. The predicted molar refractivity (Wildman–Crippen MR) is 99.8 cm³/mol. The lowest BCUT2D eigenvalue weighted by Gasteiger charge is -2.09. The third-order valence-corrected chi connectivity index (χ3v) is 4.26. The first-order chi connectivity index (χ1) is 12.1. The smallest absolute Gasteiger partial charge is 0.250 e. The van der Waals surface area contributed by atoms with E-state index in [2.05, 4.69) is 15.3 Å². The molecule has 0 saturated carbocycles. The molecule has 0 saturated heterocycles. The number of carbonyl (C=O) groups is 1. The second-order valence-corrected chi connectivity index (χ2v) is 6.27. The van der Waals surface area contributed by atoms with Gasteiger partial charge in [0.05, 0.1) is 11.2 Å². The Morgan fingerprint density at radius 3 is 2.68 bits per heavy atom. The highest BCUT2D eigenvalue weighted by Crippen LogP contribution is 2.26. The van der Waals surface area contributed by atoms with E-state index in [1.54, 1.807) is 12.4 Å². The third kappa shape index (κ3) is 3.94. The number of rotatable bonds is 5. The van der Waals surface area contributed by atoms with Crippen LogP contribution in [0.5, 0.6) is 0 Å². The highest BCUT2D eigenvalue weighted by molar-refractivity contribution is 7.98. The number of carbonyl (C=O) groups excluding carboxylic acids is 1. The van der Waals surface area contributed by atoms with E-state index in [1.807, 2.05) is 37.4 Å². The summed E-state index contributed by atoms with van der Waals surface area (Å²) in [7, 11) is 1.49. The molecule has 6 nitrogen and oxygen atoms in total. The minimum atomic E-state index is -0.198. The van der Waals surface area contributed by atoms with E-state index in [4.69, 9.17) is 9.72 Å². The molecule has 7 heteroatoms. The summed E-state index contributed by atoms with van der Waals surface area (Å²) in [5.41, 5.74) is 4.25. The molecule has 1 amide bonds. The molecule has 1 aromatic carbocycles. The number of pyridine rings is 1. The first kappa shape index (κ1) is 17.3. The second-order valence-electron chi connectivity index (χ2n) is 5.50. The minimum absolute atomic E-state index is 0.0175. The lowest BCUT2D eigenvalue weighted by atomic mass is 10.1. The summed E-state index contributed by atoms with van der Waals surface area (Å²) < 4.78 is 4.83. The summed E-state index contributed by atoms with van der Waals surface area (Å²) >= 11 is 1.50. The fraction of sp³-hybridized carbons (Fsp3) is 0.222. The normalized spacial score (nSPS) is 10.8. The van der Waals surface area contributed by atoms with Crippen LogP contribution in [0.4, 0.5) is 5.69 Å². The standard InChI is InChI=1S/C18H18N4O2S/c1-11-6-15(12-8-19-18(25-3)20-9-12)22-16-7-13(4-5-14(11)16)21-17(23)10-24-2/h4-9H,10H2,1-3H3,(H,21,23). The van der Waals surface area contributed by atoms with Crippen LogP contribution < -0.4 is 5.32 Å². The number of nitrogens with zero attached hydrogens (tertiary/aromatic N) is 3. The molecule has 3 rings (SSSR count). The number of ether oxygens (including phenoxy) is 1. The Balaban J connectivity index is 1.99. The van der Waals surface area contributed by atoms with Crippen LogP contribution in [0, 0.1) is 6.92 Å². The van der Waals surface area contributed by atoms with Gasteiger partial charge in [0, 0.05) is 36.1 Å². The largest absolute Gasteiger partial charge is 0.375 e. The molecule has 3 aromatic rings. The molecule has 2 aromatic heterocycles. The highest BCUT2D eigenvalue weighted by atomic mass is 32.2. The van der Waals surface area contributed by atoms with Crippen LogP contribution in [0.2, 0.25) is 0 Å². The number of methoxy groups -OCH3 is 1. The van der Waals surface area contributed by atoms with Gasteiger partial charge < -0.3 is 10.1 Å². The molecule has 0 atom stereocenters. The Kier molecular flexibility index (Phi) is 5.25. The Bertz CT molecular complexity index is 913. The van der Waals surface area contributed by atoms with Gasteiger partial charge in [-0.3, -0.25) is 4.79 Å². The van der Waals surface area contributed by atoms with E-state index in [0.29, 0.717) is 5.69 Å². The van der Waals surface area contributed by atoms with Crippen molar-refractivity contribution < 1.29 is 9.53 Å². The van der Waals surface area contributed by atoms with Crippen LogP contribution in [-0.2, 0) is 9.53 Å². The van der Waals surface area contributed by atoms with Crippen molar-refractivity contribution in [2.24, 2.45) is 0 Å². The van der Waals surface area contributed by atoms with Crippen molar-refractivity contribution in [1.82, 2.24) is 15.0 Å². The molecule has 0 unspecified atom stereocenters. The fourth-order valence-corrected chi connectivity index (χ4v) is 2.83. The number of aryl methyl sites for hydroxylation is 1. The topological polar surface area (TPSA) is 77.0 Å². The fourth-order valence-electron chi connectivity index (χ4n) is 2.51. The number of benzene rings is 1. The molecule has 1 N–H and O–H groups in total. The van der Waals surface area contributed by atoms with Crippen molar-refractivity contribution in [2.45, 2.75) is 12.1 Å². The number of hydrogen-bond donors (Lipinski definition) is 1. The molecule has 0 fully saturated rings. The van der Waals surface area contributed by atoms with Crippen LogP contribution in [0.15, 0.2) is 41.8 Å². The summed E-state index contributed by atoms with van der Waals surface area (Å²) in [6, 6.07) is 7.69. The maximum Gasteiger partial charge on any atom is 0.250 e. The number of nitrogens with one attached hydrogen (secondary N) is 1. The van der Waals surface area contributed by atoms with Gasteiger partial charge in [0.15, 0.2) is 5.16 Å². The van der Waals surface area contributed by atoms with Gasteiger partial charge in [0.2, 0.25) is 5.91 Å². The van der Waals surface area contributed by atoms with Crippen molar-refractivity contribution in [3.8, 4) is 11.3 Å². The monoisotopic (exact) mass is 354 g/mol. The number of fused-ring (bicyclic) bond motifs is 1. The number of hydrogen-bond acceptors (Lipinski definition) is 6. The molecule has 0 aliphatic carbocycles. The number of amides is 1. The lowest BCUT2D eigenvalue weighted by Crippen LogP contribution is -2.17. The average Bonchev–Trinajstić information content (AvgIpc) is 2.61. The van der Waals surface area contributed by atoms with Crippen molar-refractivity contribution in [2.75, 3.05) is 25.3 Å². The van der Waals surface area contributed by atoms with Crippen LogP contribution in [-0.4, -0.2) is 40.8 Å². The zero-order valence-electron chi connectivity index (χ0n) is 14.2. The van der Waals surface area contributed by atoms with E-state index in [9.17, 15) is 4.79 Å². The Morgan fingerprint density at radius 2 is 2.00 bits per heavy atom. The molecule has 128 valence electrons. The van der Waals surface area contributed by atoms with E-state index in [1.165, 1.54) is 18.9 Å². The van der Waals surface area contributed by atoms with Crippen LogP contribution in [0.25, 0.3) is 22.2 Å². The van der Waals surface area contributed by atoms with Crippen LogP contribution in [0.1, 0.15) is 5.56 Å². The zero-order valence-corrected chi connectivity index (χ0v) is 15.1. The molecule has 0 radical (unpaired) electrons. The maximum absolute atomic E-state index is 11.7. The number of anilines is 1. The van der Waals surface area contributed by atoms with Crippen molar-refractivity contribution in [1.29, 1.82) is 0 Å². The minimum Gasteiger partial charge on any atom is -0.375 e. The van der Waals surface area contributed by atoms with Gasteiger partial charge in [-0.25, -0.2) is 15.0 Å². The number of thioether (sulfide) groups is 1. The molecule has 0 spiro atoms. The number of aromatic nitrogens is 3. The predicted octanol–water partition coefficient (Wildman–Crippen LogP) is 3.31. The van der Waals surface area contributed by atoms with Crippen molar-refractivity contribution in [3.05, 3.63) is 42.2 Å². The van der Waals surface area contributed by atoms with E-state index in [0.717, 1.165) is 32.9 Å². The molecule has 0 bridgehead atoms. The van der Waals surface area contributed by atoms with Gasteiger partial charge in [0.1, 0.15) is 6.61 Å². The summed E-state index contributed by atoms with van der Waals surface area (Å²) in [6.45, 7) is 2.05. The summed E-state index contributed by atoms with van der Waals surface area (Å²) in [4.78, 5) is 25.0. The summed E-state index contributed by atoms with van der Waals surface area (Å²) in [5, 5.41) is 4.56. The first-order valence-corrected chi connectivity index (χ1v) is 8.90. The molecule has 0 aliphatic heterocycles. The Morgan fingerprint density at radius 1 is 1.24 bits per heavy atom. The van der Waals surface area contributed by atoms with E-state index < -0.39 is 0 Å². The van der Waals surface area contributed by atoms with Gasteiger partial charge in [-0.2, -0.15) is 0 Å². The molecular weight excluding hydrogens is 336 g/mol. The lowest BCUT2D eigenvalue weighted by molar-refractivity contribution is -0.119. The quantitative estimate of drug-likeness (QED) is 0.559. The third-order valence-electron chi connectivity index (χ3n) is 3.68.